The highest BCUT2D eigenvalue weighted by Crippen LogP contribution is 2.12. The maximum absolute atomic E-state index is 5.28. The molecule has 0 atom stereocenters. The number of piperazine rings is 1. The van der Waals surface area contributed by atoms with Crippen LogP contribution in [0.15, 0.2) is 53.5 Å². The standard InChI is InChI=1S/C24H35N5O.HI/c1-4-28-12-14-29(15-13-28)19-21-10-8-20(9-11-21)17-26-24(25-2)27-18-22-6-5-7-23(16-22)30-3;/h5-11,16H,4,12-15,17-19H2,1-3H3,(H2,25,26,27);1H. The van der Waals surface area contributed by atoms with Crippen LogP contribution in [0.25, 0.3) is 0 Å². The van der Waals surface area contributed by atoms with E-state index in [2.05, 4.69) is 62.7 Å². The topological polar surface area (TPSA) is 52.1 Å². The summed E-state index contributed by atoms with van der Waals surface area (Å²) in [6.07, 6.45) is 0. The van der Waals surface area contributed by atoms with Crippen molar-refractivity contribution in [1.29, 1.82) is 0 Å². The summed E-state index contributed by atoms with van der Waals surface area (Å²) >= 11 is 0. The number of hydrogen-bond acceptors (Lipinski definition) is 4. The number of benzene rings is 2. The van der Waals surface area contributed by atoms with Crippen molar-refractivity contribution in [1.82, 2.24) is 20.4 Å². The van der Waals surface area contributed by atoms with E-state index >= 15 is 0 Å². The summed E-state index contributed by atoms with van der Waals surface area (Å²) in [6.45, 7) is 10.6. The van der Waals surface area contributed by atoms with Crippen molar-refractivity contribution in [2.45, 2.75) is 26.6 Å². The van der Waals surface area contributed by atoms with Crippen LogP contribution in [0, 0.1) is 0 Å². The number of hydrogen-bond donors (Lipinski definition) is 2. The van der Waals surface area contributed by atoms with E-state index in [9.17, 15) is 0 Å². The van der Waals surface area contributed by atoms with Gasteiger partial charge in [0, 0.05) is 52.9 Å². The predicted octanol–water partition coefficient (Wildman–Crippen LogP) is 3.32. The lowest BCUT2D eigenvalue weighted by Crippen LogP contribution is -2.45. The average Bonchev–Trinajstić information content (AvgIpc) is 2.81. The third-order valence-electron chi connectivity index (χ3n) is 5.62. The fourth-order valence-corrected chi connectivity index (χ4v) is 3.66. The summed E-state index contributed by atoms with van der Waals surface area (Å²) < 4.78 is 5.28. The molecule has 170 valence electrons. The van der Waals surface area contributed by atoms with Crippen LogP contribution in [0.4, 0.5) is 0 Å². The molecule has 2 aromatic carbocycles. The van der Waals surface area contributed by atoms with Gasteiger partial charge in [0.2, 0.25) is 0 Å². The quantitative estimate of drug-likeness (QED) is 0.308. The van der Waals surface area contributed by atoms with Crippen LogP contribution in [0.3, 0.4) is 0 Å². The van der Waals surface area contributed by atoms with Gasteiger partial charge in [-0.15, -0.1) is 24.0 Å². The zero-order valence-electron chi connectivity index (χ0n) is 18.9. The lowest BCUT2D eigenvalue weighted by Gasteiger charge is -2.34. The summed E-state index contributed by atoms with van der Waals surface area (Å²) in [5.41, 5.74) is 3.78. The zero-order chi connectivity index (χ0) is 21.2. The Morgan fingerprint density at radius 1 is 0.903 bits per heavy atom. The molecule has 1 fully saturated rings. The monoisotopic (exact) mass is 537 g/mol. The molecule has 2 N–H and O–H groups in total. The molecule has 6 nitrogen and oxygen atoms in total. The van der Waals surface area contributed by atoms with Crippen LogP contribution in [-0.2, 0) is 19.6 Å². The maximum Gasteiger partial charge on any atom is 0.191 e. The van der Waals surface area contributed by atoms with E-state index < -0.39 is 0 Å². The van der Waals surface area contributed by atoms with Gasteiger partial charge in [-0.3, -0.25) is 9.89 Å². The van der Waals surface area contributed by atoms with Crippen LogP contribution in [0.5, 0.6) is 5.75 Å². The molecule has 0 radical (unpaired) electrons. The van der Waals surface area contributed by atoms with Crippen molar-refractivity contribution in [3.8, 4) is 5.75 Å². The van der Waals surface area contributed by atoms with Crippen LogP contribution in [0.1, 0.15) is 23.6 Å². The van der Waals surface area contributed by atoms with Crippen molar-refractivity contribution in [2.75, 3.05) is 46.9 Å². The second-order valence-electron chi connectivity index (χ2n) is 7.66. The highest BCUT2D eigenvalue weighted by atomic mass is 127. The summed E-state index contributed by atoms with van der Waals surface area (Å²) in [7, 11) is 3.48. The number of nitrogens with zero attached hydrogens (tertiary/aromatic N) is 3. The van der Waals surface area contributed by atoms with Gasteiger partial charge in [-0.2, -0.15) is 0 Å². The van der Waals surface area contributed by atoms with E-state index in [1.165, 1.54) is 24.2 Å². The minimum absolute atomic E-state index is 0. The zero-order valence-corrected chi connectivity index (χ0v) is 21.3. The Kier molecular flexibility index (Phi) is 11.1. The van der Waals surface area contributed by atoms with Gasteiger partial charge in [-0.05, 0) is 35.4 Å². The Hall–Kier alpha value is -1.84. The first-order valence-corrected chi connectivity index (χ1v) is 10.8. The Morgan fingerprint density at radius 2 is 1.52 bits per heavy atom. The normalized spacial score (nSPS) is 15.3. The van der Waals surface area contributed by atoms with E-state index in [-0.39, 0.29) is 24.0 Å². The first kappa shape index (κ1) is 25.4. The SMILES string of the molecule is CCN1CCN(Cc2ccc(CNC(=NC)NCc3cccc(OC)c3)cc2)CC1.I. The van der Waals surface area contributed by atoms with E-state index in [0.717, 1.165) is 50.0 Å². The molecule has 0 saturated carbocycles. The number of guanidine groups is 1. The third kappa shape index (κ3) is 8.31. The number of halogens is 1. The van der Waals surface area contributed by atoms with Crippen molar-refractivity contribution in [3.63, 3.8) is 0 Å². The van der Waals surface area contributed by atoms with Gasteiger partial charge in [-0.25, -0.2) is 0 Å². The molecule has 31 heavy (non-hydrogen) atoms. The number of nitrogens with one attached hydrogen (secondary N) is 2. The number of aliphatic imine (C=N–C) groups is 1. The summed E-state index contributed by atoms with van der Waals surface area (Å²) in [4.78, 5) is 9.38. The molecule has 0 aliphatic carbocycles. The fourth-order valence-electron chi connectivity index (χ4n) is 3.66. The van der Waals surface area contributed by atoms with Gasteiger partial charge in [0.15, 0.2) is 5.96 Å². The molecule has 2 aromatic rings. The largest absolute Gasteiger partial charge is 0.497 e. The van der Waals surface area contributed by atoms with E-state index in [0.29, 0.717) is 6.54 Å². The molecule has 1 aliphatic rings. The summed E-state index contributed by atoms with van der Waals surface area (Å²) in [6, 6.07) is 17.0. The molecule has 0 aromatic heterocycles. The first-order valence-electron chi connectivity index (χ1n) is 10.8. The molecule has 0 spiro atoms. The predicted molar refractivity (Wildman–Crippen MR) is 139 cm³/mol. The molecule has 1 heterocycles. The summed E-state index contributed by atoms with van der Waals surface area (Å²) in [5.74, 6) is 1.65. The average molecular weight is 537 g/mol. The minimum Gasteiger partial charge on any atom is -0.497 e. The molecular formula is C24H36IN5O. The van der Waals surface area contributed by atoms with E-state index in [1.807, 2.05) is 18.2 Å². The van der Waals surface area contributed by atoms with Crippen molar-refractivity contribution < 1.29 is 4.74 Å². The maximum atomic E-state index is 5.28. The minimum atomic E-state index is 0. The first-order chi connectivity index (χ1) is 14.7. The second-order valence-corrected chi connectivity index (χ2v) is 7.66. The summed E-state index contributed by atoms with van der Waals surface area (Å²) in [5, 5.41) is 6.74. The molecule has 0 unspecified atom stereocenters. The molecule has 7 heteroatoms. The van der Waals surface area contributed by atoms with Gasteiger partial charge < -0.3 is 20.3 Å². The Balaban J connectivity index is 0.00000341. The van der Waals surface area contributed by atoms with Crippen LogP contribution >= 0.6 is 24.0 Å². The Morgan fingerprint density at radius 3 is 2.13 bits per heavy atom. The Labute approximate surface area is 204 Å². The third-order valence-corrected chi connectivity index (χ3v) is 5.62. The van der Waals surface area contributed by atoms with Gasteiger partial charge in [0.1, 0.15) is 5.75 Å². The highest BCUT2D eigenvalue weighted by Gasteiger charge is 2.15. The van der Waals surface area contributed by atoms with Gasteiger partial charge in [0.05, 0.1) is 7.11 Å². The van der Waals surface area contributed by atoms with E-state index in [4.69, 9.17) is 4.74 Å². The van der Waals surface area contributed by atoms with Crippen molar-refractivity contribution in [3.05, 3.63) is 65.2 Å². The molecule has 0 amide bonds. The molecular weight excluding hydrogens is 501 g/mol. The molecule has 3 rings (SSSR count). The van der Waals surface area contributed by atoms with Crippen molar-refractivity contribution in [2.24, 2.45) is 4.99 Å². The van der Waals surface area contributed by atoms with Crippen LogP contribution < -0.4 is 15.4 Å². The molecule has 1 saturated heterocycles. The van der Waals surface area contributed by atoms with Gasteiger partial charge in [0.25, 0.3) is 0 Å². The Bertz CT molecular complexity index is 804. The smallest absolute Gasteiger partial charge is 0.191 e. The van der Waals surface area contributed by atoms with E-state index in [1.54, 1.807) is 14.2 Å². The fraction of sp³-hybridized carbons (Fsp3) is 0.458. The molecule has 0 bridgehead atoms. The lowest BCUT2D eigenvalue weighted by molar-refractivity contribution is 0.132. The number of methoxy groups -OCH3 is 1. The number of likely N-dealkylation sites (N-methyl/N-ethyl adjacent to an activating group) is 1. The van der Waals surface area contributed by atoms with Crippen LogP contribution in [-0.4, -0.2) is 62.6 Å². The van der Waals surface area contributed by atoms with Gasteiger partial charge in [-0.1, -0.05) is 43.3 Å². The lowest BCUT2D eigenvalue weighted by atomic mass is 10.1. The highest BCUT2D eigenvalue weighted by molar-refractivity contribution is 14.0. The van der Waals surface area contributed by atoms with Crippen LogP contribution in [0.2, 0.25) is 0 Å². The van der Waals surface area contributed by atoms with Crippen molar-refractivity contribution >= 4 is 29.9 Å². The molecule has 1 aliphatic heterocycles. The van der Waals surface area contributed by atoms with Gasteiger partial charge >= 0.3 is 0 Å². The second kappa shape index (κ2) is 13.5. The number of ether oxygens (including phenoxy) is 1. The number of rotatable bonds is 8.